The van der Waals surface area contributed by atoms with Crippen LogP contribution in [0.4, 0.5) is 4.39 Å². The summed E-state index contributed by atoms with van der Waals surface area (Å²) in [6.45, 7) is 0.377. The quantitative estimate of drug-likeness (QED) is 0.187. The van der Waals surface area contributed by atoms with Crippen LogP contribution in [0, 0.1) is 5.82 Å². The van der Waals surface area contributed by atoms with Crippen LogP contribution in [0.2, 0.25) is 0 Å². The van der Waals surface area contributed by atoms with Gasteiger partial charge in [-0.05, 0) is 53.6 Å². The summed E-state index contributed by atoms with van der Waals surface area (Å²) in [5, 5.41) is 11.2. The topological polar surface area (TPSA) is 89.2 Å². The third kappa shape index (κ3) is 4.88. The van der Waals surface area contributed by atoms with Crippen molar-refractivity contribution in [3.63, 3.8) is 0 Å². The molecule has 0 bridgehead atoms. The van der Waals surface area contributed by atoms with Gasteiger partial charge in [-0.3, -0.25) is 9.59 Å². The van der Waals surface area contributed by atoms with Crippen molar-refractivity contribution in [2.75, 3.05) is 7.11 Å². The fraction of sp³-hybridized carbons (Fsp3) is 0.133. The van der Waals surface area contributed by atoms with Crippen molar-refractivity contribution in [1.29, 1.82) is 0 Å². The number of hydrogen-bond donors (Lipinski definition) is 1. The van der Waals surface area contributed by atoms with Gasteiger partial charge in [-0.15, -0.1) is 0 Å². The van der Waals surface area contributed by atoms with Crippen molar-refractivity contribution in [3.05, 3.63) is 125 Å². The van der Waals surface area contributed by atoms with Gasteiger partial charge in [-0.1, -0.05) is 42.5 Å². The Labute approximate surface area is 218 Å². The van der Waals surface area contributed by atoms with Crippen LogP contribution in [0.15, 0.2) is 101 Å². The standard InChI is InChI=1S/C30H24FNO6/c1-36-25-14-11-21(16-24(25)31)28(33)26-27(32(30(35)29(26)34)17-23-8-5-15-37-23)20-9-12-22(13-10-20)38-18-19-6-3-2-4-7-19/h2-16,27,33H,17-18H2,1H3/b28-26-. The van der Waals surface area contributed by atoms with Crippen LogP contribution in [0.3, 0.4) is 0 Å². The molecule has 192 valence electrons. The zero-order valence-corrected chi connectivity index (χ0v) is 20.5. The maximum Gasteiger partial charge on any atom is 0.296 e. The fourth-order valence-electron chi connectivity index (χ4n) is 4.42. The van der Waals surface area contributed by atoms with Crippen LogP contribution in [0.25, 0.3) is 5.76 Å². The largest absolute Gasteiger partial charge is 0.507 e. The molecule has 0 spiro atoms. The number of aliphatic hydroxyl groups is 1. The third-order valence-corrected chi connectivity index (χ3v) is 6.32. The molecule has 0 radical (unpaired) electrons. The lowest BCUT2D eigenvalue weighted by atomic mass is 9.95. The second kappa shape index (κ2) is 10.6. The minimum Gasteiger partial charge on any atom is -0.507 e. The number of furan rings is 1. The molecule has 1 aromatic heterocycles. The molecular formula is C30H24FNO6. The average molecular weight is 514 g/mol. The minimum absolute atomic E-state index is 0.00223. The summed E-state index contributed by atoms with van der Waals surface area (Å²) in [5.41, 5.74) is 1.48. The van der Waals surface area contributed by atoms with Crippen molar-refractivity contribution < 1.29 is 33.0 Å². The molecule has 2 heterocycles. The molecule has 0 aliphatic carbocycles. The second-order valence-corrected chi connectivity index (χ2v) is 8.70. The van der Waals surface area contributed by atoms with E-state index in [1.165, 1.54) is 30.4 Å². The first-order valence-corrected chi connectivity index (χ1v) is 11.9. The van der Waals surface area contributed by atoms with E-state index in [1.807, 2.05) is 30.3 Å². The molecule has 1 fully saturated rings. The SMILES string of the molecule is COc1ccc(/C(O)=C2/C(=O)C(=O)N(Cc3ccco3)C2c2ccc(OCc3ccccc3)cc2)cc1F. The number of halogens is 1. The summed E-state index contributed by atoms with van der Waals surface area (Å²) in [6, 6.07) is 22.9. The first kappa shape index (κ1) is 24.8. The Hall–Kier alpha value is -4.85. The van der Waals surface area contributed by atoms with E-state index in [2.05, 4.69) is 0 Å². The Morgan fingerprint density at radius 1 is 1.00 bits per heavy atom. The number of rotatable bonds is 8. The van der Waals surface area contributed by atoms with E-state index in [0.717, 1.165) is 11.6 Å². The lowest BCUT2D eigenvalue weighted by molar-refractivity contribution is -0.140. The van der Waals surface area contributed by atoms with Crippen LogP contribution in [-0.2, 0) is 22.7 Å². The van der Waals surface area contributed by atoms with Crippen LogP contribution in [0.5, 0.6) is 11.5 Å². The van der Waals surface area contributed by atoms with Gasteiger partial charge in [0.15, 0.2) is 11.6 Å². The first-order valence-electron chi connectivity index (χ1n) is 11.9. The molecule has 1 amide bonds. The summed E-state index contributed by atoms with van der Waals surface area (Å²) in [5.74, 6) is -1.82. The average Bonchev–Trinajstić information content (AvgIpc) is 3.55. The minimum atomic E-state index is -0.937. The van der Waals surface area contributed by atoms with Gasteiger partial charge in [0.05, 0.1) is 31.5 Å². The predicted octanol–water partition coefficient (Wildman–Crippen LogP) is 5.63. The van der Waals surface area contributed by atoms with Crippen LogP contribution in [-0.4, -0.2) is 28.8 Å². The van der Waals surface area contributed by atoms with Gasteiger partial charge in [0, 0.05) is 5.56 Å². The summed E-state index contributed by atoms with van der Waals surface area (Å²) >= 11 is 0. The molecule has 8 heteroatoms. The van der Waals surface area contributed by atoms with Crippen LogP contribution in [0.1, 0.15) is 28.5 Å². The van der Waals surface area contributed by atoms with Gasteiger partial charge in [-0.25, -0.2) is 4.39 Å². The van der Waals surface area contributed by atoms with Crippen molar-refractivity contribution in [3.8, 4) is 11.5 Å². The molecule has 1 unspecified atom stereocenters. The Morgan fingerprint density at radius 3 is 2.42 bits per heavy atom. The Kier molecular flexibility index (Phi) is 6.95. The molecule has 1 aliphatic rings. The van der Waals surface area contributed by atoms with E-state index in [0.29, 0.717) is 23.7 Å². The highest BCUT2D eigenvalue weighted by Crippen LogP contribution is 2.41. The van der Waals surface area contributed by atoms with E-state index in [9.17, 15) is 19.1 Å². The number of Topliss-reactive ketones (excluding diaryl/α,β-unsaturated/α-hetero) is 1. The molecule has 1 N–H and O–H groups in total. The van der Waals surface area contributed by atoms with Crippen molar-refractivity contribution >= 4 is 17.4 Å². The molecule has 3 aromatic carbocycles. The van der Waals surface area contributed by atoms with Gasteiger partial charge in [0.25, 0.3) is 11.7 Å². The smallest absolute Gasteiger partial charge is 0.296 e. The van der Waals surface area contributed by atoms with E-state index < -0.39 is 29.3 Å². The van der Waals surface area contributed by atoms with Gasteiger partial charge < -0.3 is 23.9 Å². The van der Waals surface area contributed by atoms with Gasteiger partial charge in [-0.2, -0.15) is 0 Å². The molecular weight excluding hydrogens is 489 g/mol. The number of hydrogen-bond acceptors (Lipinski definition) is 6. The highest BCUT2D eigenvalue weighted by atomic mass is 19.1. The number of methoxy groups -OCH3 is 1. The Morgan fingerprint density at radius 2 is 1.76 bits per heavy atom. The summed E-state index contributed by atoms with van der Waals surface area (Å²) < 4.78 is 30.6. The van der Waals surface area contributed by atoms with Crippen molar-refractivity contribution in [1.82, 2.24) is 4.90 Å². The number of nitrogens with zero attached hydrogens (tertiary/aromatic N) is 1. The van der Waals surface area contributed by atoms with Gasteiger partial charge >= 0.3 is 0 Å². The molecule has 4 aromatic rings. The maximum atomic E-state index is 14.4. The molecule has 5 rings (SSSR count). The fourth-order valence-corrected chi connectivity index (χ4v) is 4.42. The number of ketones is 1. The molecule has 0 saturated carbocycles. The Balaban J connectivity index is 1.52. The molecule has 7 nitrogen and oxygen atoms in total. The number of ether oxygens (including phenoxy) is 2. The normalized spacial score (nSPS) is 16.6. The van der Waals surface area contributed by atoms with Crippen molar-refractivity contribution in [2.24, 2.45) is 0 Å². The molecule has 1 aliphatic heterocycles. The van der Waals surface area contributed by atoms with E-state index in [-0.39, 0.29) is 23.4 Å². The monoisotopic (exact) mass is 513 g/mol. The summed E-state index contributed by atoms with van der Waals surface area (Å²) in [4.78, 5) is 27.6. The summed E-state index contributed by atoms with van der Waals surface area (Å²) in [6.07, 6.45) is 1.47. The number of carbonyl (C=O) groups excluding carboxylic acids is 2. The highest BCUT2D eigenvalue weighted by Gasteiger charge is 2.46. The molecule has 38 heavy (non-hydrogen) atoms. The van der Waals surface area contributed by atoms with E-state index in [4.69, 9.17) is 13.9 Å². The molecule has 1 saturated heterocycles. The zero-order chi connectivity index (χ0) is 26.6. The number of benzene rings is 3. The summed E-state index contributed by atoms with van der Waals surface area (Å²) in [7, 11) is 1.32. The first-order chi connectivity index (χ1) is 18.5. The maximum absolute atomic E-state index is 14.4. The van der Waals surface area contributed by atoms with Crippen LogP contribution < -0.4 is 9.47 Å². The van der Waals surface area contributed by atoms with Crippen molar-refractivity contribution in [2.45, 2.75) is 19.2 Å². The number of carbonyl (C=O) groups is 2. The zero-order valence-electron chi connectivity index (χ0n) is 20.5. The lowest BCUT2D eigenvalue weighted by Gasteiger charge is -2.24. The predicted molar refractivity (Wildman–Crippen MR) is 137 cm³/mol. The molecule has 1 atom stereocenters. The van der Waals surface area contributed by atoms with E-state index >= 15 is 0 Å². The van der Waals surface area contributed by atoms with Gasteiger partial charge in [0.1, 0.15) is 23.9 Å². The van der Waals surface area contributed by atoms with Crippen LogP contribution >= 0.6 is 0 Å². The lowest BCUT2D eigenvalue weighted by Crippen LogP contribution is -2.29. The number of likely N-dealkylation sites (tertiary alicyclic amines) is 1. The Bertz CT molecular complexity index is 1480. The van der Waals surface area contributed by atoms with E-state index in [1.54, 1.807) is 36.4 Å². The number of aliphatic hydroxyl groups excluding tert-OH is 1. The highest BCUT2D eigenvalue weighted by molar-refractivity contribution is 6.46. The number of amides is 1. The van der Waals surface area contributed by atoms with Gasteiger partial charge in [0.2, 0.25) is 0 Å². The second-order valence-electron chi connectivity index (χ2n) is 8.70. The third-order valence-electron chi connectivity index (χ3n) is 6.32.